The van der Waals surface area contributed by atoms with Crippen molar-refractivity contribution >= 4 is 12.2 Å². The number of rotatable bonds is 0. The summed E-state index contributed by atoms with van der Waals surface area (Å²) in [6.07, 6.45) is 1.36. The second-order valence-electron chi connectivity index (χ2n) is 3.29. The molecule has 1 aliphatic heterocycles. The van der Waals surface area contributed by atoms with Gasteiger partial charge in [0.05, 0.1) is 0 Å². The van der Waals surface area contributed by atoms with E-state index in [2.05, 4.69) is 29.6 Å². The molecule has 2 aliphatic rings. The van der Waals surface area contributed by atoms with Crippen molar-refractivity contribution in [2.24, 2.45) is 0 Å². The van der Waals surface area contributed by atoms with Gasteiger partial charge in [-0.1, -0.05) is 18.2 Å². The Hall–Kier alpha value is -1.51. The molecule has 1 unspecified atom stereocenters. The molecule has 0 amide bonds. The molecule has 3 nitrogen and oxygen atoms in total. The third-order valence-corrected chi connectivity index (χ3v) is 2.49. The number of carbonyl (C=O) groups is 1. The molecule has 1 aromatic carbocycles. The van der Waals surface area contributed by atoms with Gasteiger partial charge < -0.3 is 10.4 Å². The lowest BCUT2D eigenvalue weighted by Gasteiger charge is -2.00. The van der Waals surface area contributed by atoms with Crippen molar-refractivity contribution in [3.63, 3.8) is 0 Å². The van der Waals surface area contributed by atoms with E-state index in [1.165, 1.54) is 17.7 Å². The Bertz CT molecular complexity index is 324. The third kappa shape index (κ3) is 1.37. The van der Waals surface area contributed by atoms with E-state index in [-0.39, 0.29) is 6.47 Å². The smallest absolute Gasteiger partial charge is 0.290 e. The van der Waals surface area contributed by atoms with Crippen LogP contribution in [0.25, 0.3) is 0 Å². The van der Waals surface area contributed by atoms with Gasteiger partial charge in [-0.25, -0.2) is 0 Å². The number of fused-ring (bicyclic) bond motifs is 3. The van der Waals surface area contributed by atoms with E-state index in [4.69, 9.17) is 9.90 Å². The van der Waals surface area contributed by atoms with Gasteiger partial charge in [-0.15, -0.1) is 0 Å². The van der Waals surface area contributed by atoms with Crippen LogP contribution in [0.5, 0.6) is 0 Å². The molecule has 13 heavy (non-hydrogen) atoms. The van der Waals surface area contributed by atoms with Crippen LogP contribution in [0.4, 0.5) is 5.69 Å². The largest absolute Gasteiger partial charge is 0.483 e. The van der Waals surface area contributed by atoms with Crippen LogP contribution >= 0.6 is 0 Å². The molecule has 2 atom stereocenters. The molecule has 0 aromatic heterocycles. The molecule has 1 aliphatic carbocycles. The molecule has 3 rings (SSSR count). The fourth-order valence-electron chi connectivity index (χ4n) is 1.85. The highest BCUT2D eigenvalue weighted by Gasteiger charge is 2.44. The lowest BCUT2D eigenvalue weighted by atomic mass is 10.1. The second kappa shape index (κ2) is 3.09. The van der Waals surface area contributed by atoms with Gasteiger partial charge in [-0.05, 0) is 18.1 Å². The standard InChI is InChI=1S/C9H9N.CH2O2/c1-2-4-8-6(3-1)7-5-9(7)10-8;2-1-3/h1-4,7,9-10H,5H2;1H,(H,2,3)/t7?,9-;/m0./s1. The maximum Gasteiger partial charge on any atom is 0.290 e. The van der Waals surface area contributed by atoms with Gasteiger partial charge in [0.1, 0.15) is 0 Å². The summed E-state index contributed by atoms with van der Waals surface area (Å²) in [5.41, 5.74) is 2.90. The molecule has 3 heteroatoms. The van der Waals surface area contributed by atoms with E-state index in [1.807, 2.05) is 0 Å². The zero-order valence-electron chi connectivity index (χ0n) is 7.10. The van der Waals surface area contributed by atoms with Gasteiger partial charge in [-0.2, -0.15) is 0 Å². The van der Waals surface area contributed by atoms with Crippen LogP contribution in [-0.2, 0) is 4.79 Å². The highest BCUT2D eigenvalue weighted by molar-refractivity contribution is 5.63. The lowest BCUT2D eigenvalue weighted by molar-refractivity contribution is -0.122. The molecule has 0 radical (unpaired) electrons. The summed E-state index contributed by atoms with van der Waals surface area (Å²) >= 11 is 0. The highest BCUT2D eigenvalue weighted by Crippen LogP contribution is 2.51. The number of carboxylic acid groups (broad SMARTS) is 1. The Morgan fingerprint density at radius 1 is 1.46 bits per heavy atom. The van der Waals surface area contributed by atoms with Crippen molar-refractivity contribution in [2.75, 3.05) is 5.32 Å². The van der Waals surface area contributed by atoms with Gasteiger partial charge in [0, 0.05) is 17.6 Å². The fraction of sp³-hybridized carbons (Fsp3) is 0.300. The van der Waals surface area contributed by atoms with Crippen LogP contribution in [0.2, 0.25) is 0 Å². The van der Waals surface area contributed by atoms with E-state index in [1.54, 1.807) is 0 Å². The van der Waals surface area contributed by atoms with Crippen LogP contribution in [0, 0.1) is 0 Å². The molecule has 0 saturated heterocycles. The number of anilines is 1. The maximum atomic E-state index is 8.36. The van der Waals surface area contributed by atoms with Crippen molar-refractivity contribution < 1.29 is 9.90 Å². The van der Waals surface area contributed by atoms with Gasteiger partial charge in [0.25, 0.3) is 6.47 Å². The van der Waals surface area contributed by atoms with Crippen LogP contribution in [0.3, 0.4) is 0 Å². The summed E-state index contributed by atoms with van der Waals surface area (Å²) in [5, 5.41) is 10.4. The van der Waals surface area contributed by atoms with E-state index in [0.29, 0.717) is 0 Å². The van der Waals surface area contributed by atoms with Crippen LogP contribution in [0.1, 0.15) is 17.9 Å². The quantitative estimate of drug-likeness (QED) is 0.592. The number of hydrogen-bond acceptors (Lipinski definition) is 2. The number of hydrogen-bond donors (Lipinski definition) is 2. The monoisotopic (exact) mass is 177 g/mol. The van der Waals surface area contributed by atoms with Crippen molar-refractivity contribution in [2.45, 2.75) is 18.4 Å². The first-order chi connectivity index (χ1) is 6.36. The molecule has 1 aromatic rings. The molecule has 1 saturated carbocycles. The lowest BCUT2D eigenvalue weighted by Crippen LogP contribution is -1.95. The molecule has 1 heterocycles. The molecule has 68 valence electrons. The zero-order valence-corrected chi connectivity index (χ0v) is 7.10. The third-order valence-electron chi connectivity index (χ3n) is 2.49. The van der Waals surface area contributed by atoms with Crippen molar-refractivity contribution in [1.82, 2.24) is 0 Å². The van der Waals surface area contributed by atoms with Gasteiger partial charge in [-0.3, -0.25) is 4.79 Å². The Kier molecular flexibility index (Phi) is 1.93. The highest BCUT2D eigenvalue weighted by atomic mass is 16.3. The van der Waals surface area contributed by atoms with Crippen molar-refractivity contribution in [1.29, 1.82) is 0 Å². The van der Waals surface area contributed by atoms with E-state index < -0.39 is 0 Å². The number of benzene rings is 1. The Labute approximate surface area is 76.4 Å². The summed E-state index contributed by atoms with van der Waals surface area (Å²) < 4.78 is 0. The second-order valence-corrected chi connectivity index (χ2v) is 3.29. The van der Waals surface area contributed by atoms with Gasteiger partial charge >= 0.3 is 0 Å². The first kappa shape index (κ1) is 8.10. The van der Waals surface area contributed by atoms with Gasteiger partial charge in [0.15, 0.2) is 0 Å². The normalized spacial score (nSPS) is 25.8. The molecule has 1 fully saturated rings. The SMILES string of the molecule is O=CO.c1ccc2c(c1)N[C@H]1CC21. The molecular formula is C10H11NO2. The molecular weight excluding hydrogens is 166 g/mol. The Morgan fingerprint density at radius 2 is 2.15 bits per heavy atom. The first-order valence-corrected chi connectivity index (χ1v) is 4.30. The molecule has 0 bridgehead atoms. The van der Waals surface area contributed by atoms with Crippen molar-refractivity contribution in [3.8, 4) is 0 Å². The first-order valence-electron chi connectivity index (χ1n) is 4.30. The van der Waals surface area contributed by atoms with Crippen LogP contribution in [-0.4, -0.2) is 17.6 Å². The summed E-state index contributed by atoms with van der Waals surface area (Å²) in [6, 6.07) is 9.41. The predicted molar refractivity (Wildman–Crippen MR) is 49.9 cm³/mol. The van der Waals surface area contributed by atoms with E-state index >= 15 is 0 Å². The number of para-hydroxylation sites is 1. The molecule has 2 N–H and O–H groups in total. The number of nitrogens with one attached hydrogen (secondary N) is 1. The van der Waals surface area contributed by atoms with Crippen LogP contribution < -0.4 is 5.32 Å². The maximum absolute atomic E-state index is 8.36. The summed E-state index contributed by atoms with van der Waals surface area (Å²) in [7, 11) is 0. The minimum absolute atomic E-state index is 0.250. The fourth-order valence-corrected chi connectivity index (χ4v) is 1.85. The predicted octanol–water partition coefficient (Wildman–Crippen LogP) is 1.67. The minimum Gasteiger partial charge on any atom is -0.483 e. The van der Waals surface area contributed by atoms with Crippen LogP contribution in [0.15, 0.2) is 24.3 Å². The Morgan fingerprint density at radius 3 is 2.85 bits per heavy atom. The average Bonchev–Trinajstić information content (AvgIpc) is 2.80. The van der Waals surface area contributed by atoms with E-state index in [0.717, 1.165) is 12.0 Å². The average molecular weight is 177 g/mol. The summed E-state index contributed by atoms with van der Waals surface area (Å²) in [6.45, 7) is -0.250. The topological polar surface area (TPSA) is 49.3 Å². The van der Waals surface area contributed by atoms with Crippen molar-refractivity contribution in [3.05, 3.63) is 29.8 Å². The van der Waals surface area contributed by atoms with Gasteiger partial charge in [0.2, 0.25) is 0 Å². The summed E-state index contributed by atoms with van der Waals surface area (Å²) in [4.78, 5) is 8.36. The van der Waals surface area contributed by atoms with E-state index in [9.17, 15) is 0 Å². The zero-order chi connectivity index (χ0) is 9.26. The summed E-state index contributed by atoms with van der Waals surface area (Å²) in [5.74, 6) is 0.858. The Balaban J connectivity index is 0.000000196. The molecule has 0 spiro atoms. The minimum atomic E-state index is -0.250.